The number of carbonyl (C=O) groups is 3. The zero-order valence-electron chi connectivity index (χ0n) is 17.7. The number of aryl methyl sites for hydroxylation is 1. The molecule has 0 aliphatic carbocycles. The quantitative estimate of drug-likeness (QED) is 0.251. The first-order chi connectivity index (χ1) is 15.9. The fourth-order valence-electron chi connectivity index (χ4n) is 3.27. The minimum absolute atomic E-state index is 0.147. The molecule has 0 aliphatic heterocycles. The van der Waals surface area contributed by atoms with Crippen molar-refractivity contribution in [3.63, 3.8) is 0 Å². The fourth-order valence-corrected chi connectivity index (χ4v) is 3.63. The van der Waals surface area contributed by atoms with Gasteiger partial charge in [0.25, 0.3) is 11.8 Å². The summed E-state index contributed by atoms with van der Waals surface area (Å²) in [5, 5.41) is 5.65. The summed E-state index contributed by atoms with van der Waals surface area (Å²) >= 11 is 2.18. The number of carbonyl (C=O) groups excluding carboxylic acids is 3. The lowest BCUT2D eigenvalue weighted by Crippen LogP contribution is -2.15. The van der Waals surface area contributed by atoms with Gasteiger partial charge in [0.1, 0.15) is 5.69 Å². The van der Waals surface area contributed by atoms with E-state index >= 15 is 0 Å². The van der Waals surface area contributed by atoms with E-state index in [1.807, 2.05) is 12.1 Å². The van der Waals surface area contributed by atoms with Crippen LogP contribution in [0.4, 0.5) is 11.4 Å². The van der Waals surface area contributed by atoms with Crippen LogP contribution in [-0.4, -0.2) is 22.2 Å². The summed E-state index contributed by atoms with van der Waals surface area (Å²) in [7, 11) is 1.80. The Balaban J connectivity index is 1.39. The van der Waals surface area contributed by atoms with Gasteiger partial charge in [-0.05, 0) is 108 Å². The maximum absolute atomic E-state index is 12.8. The molecule has 3 aromatic carbocycles. The van der Waals surface area contributed by atoms with Crippen molar-refractivity contribution in [2.24, 2.45) is 7.05 Å². The summed E-state index contributed by atoms with van der Waals surface area (Å²) in [6, 6.07) is 24.3. The van der Waals surface area contributed by atoms with Gasteiger partial charge in [-0.3, -0.25) is 14.4 Å². The zero-order chi connectivity index (χ0) is 23.4. The SMILES string of the molecule is Cn1cccc1C(=O)Nc1ccc(C(=O)c2ccc(NC(=O)c3ccc(I)cc3)cc2)cc1. The Labute approximate surface area is 204 Å². The largest absolute Gasteiger partial charge is 0.347 e. The molecule has 0 unspecified atom stereocenters. The Hall–Kier alpha value is -3.72. The predicted octanol–water partition coefficient (Wildman–Crippen LogP) is 5.37. The zero-order valence-corrected chi connectivity index (χ0v) is 19.9. The van der Waals surface area contributed by atoms with E-state index in [9.17, 15) is 14.4 Å². The number of hydrogen-bond donors (Lipinski definition) is 2. The molecule has 0 radical (unpaired) electrons. The second-order valence-electron chi connectivity index (χ2n) is 7.40. The van der Waals surface area contributed by atoms with E-state index in [4.69, 9.17) is 0 Å². The van der Waals surface area contributed by atoms with E-state index in [-0.39, 0.29) is 17.6 Å². The van der Waals surface area contributed by atoms with Gasteiger partial charge in [0.15, 0.2) is 5.78 Å². The summed E-state index contributed by atoms with van der Waals surface area (Å²) < 4.78 is 2.79. The Morgan fingerprint density at radius 3 is 1.64 bits per heavy atom. The van der Waals surface area contributed by atoms with Gasteiger partial charge in [0.05, 0.1) is 0 Å². The molecule has 0 saturated heterocycles. The molecule has 1 aromatic heterocycles. The van der Waals surface area contributed by atoms with Crippen molar-refractivity contribution in [3.05, 3.63) is 117 Å². The van der Waals surface area contributed by atoms with Crippen molar-refractivity contribution < 1.29 is 14.4 Å². The molecule has 1 heterocycles. The monoisotopic (exact) mass is 549 g/mol. The van der Waals surface area contributed by atoms with Crippen molar-refractivity contribution in [1.82, 2.24) is 4.57 Å². The number of aromatic nitrogens is 1. The van der Waals surface area contributed by atoms with Crippen LogP contribution in [0.25, 0.3) is 0 Å². The molecule has 2 N–H and O–H groups in total. The second kappa shape index (κ2) is 9.83. The molecule has 7 heteroatoms. The van der Waals surface area contributed by atoms with Gasteiger partial charge in [-0.25, -0.2) is 0 Å². The number of halogens is 1. The summed E-state index contributed by atoms with van der Waals surface area (Å²) in [4.78, 5) is 37.5. The summed E-state index contributed by atoms with van der Waals surface area (Å²) in [6.07, 6.45) is 1.80. The number of nitrogens with one attached hydrogen (secondary N) is 2. The highest BCUT2D eigenvalue weighted by atomic mass is 127. The molecule has 0 aliphatic rings. The van der Waals surface area contributed by atoms with Crippen molar-refractivity contribution in [2.75, 3.05) is 10.6 Å². The van der Waals surface area contributed by atoms with E-state index in [2.05, 4.69) is 33.2 Å². The molecule has 2 amide bonds. The van der Waals surface area contributed by atoms with Crippen LogP contribution in [0.5, 0.6) is 0 Å². The van der Waals surface area contributed by atoms with Gasteiger partial charge in [-0.1, -0.05) is 0 Å². The third-order valence-corrected chi connectivity index (χ3v) is 5.81. The Morgan fingerprint density at radius 1 is 0.667 bits per heavy atom. The van der Waals surface area contributed by atoms with E-state index in [0.29, 0.717) is 33.8 Å². The van der Waals surface area contributed by atoms with Crippen molar-refractivity contribution in [1.29, 1.82) is 0 Å². The van der Waals surface area contributed by atoms with Gasteiger partial charge in [-0.15, -0.1) is 0 Å². The minimum Gasteiger partial charge on any atom is -0.347 e. The summed E-state index contributed by atoms with van der Waals surface area (Å²) in [5.41, 5.74) is 3.32. The van der Waals surface area contributed by atoms with Crippen LogP contribution in [0.2, 0.25) is 0 Å². The first-order valence-corrected chi connectivity index (χ1v) is 11.2. The molecule has 6 nitrogen and oxygen atoms in total. The highest BCUT2D eigenvalue weighted by Gasteiger charge is 2.12. The van der Waals surface area contributed by atoms with Crippen molar-refractivity contribution >= 4 is 51.6 Å². The maximum Gasteiger partial charge on any atom is 0.272 e. The summed E-state index contributed by atoms with van der Waals surface area (Å²) in [6.45, 7) is 0. The molecular weight excluding hydrogens is 529 g/mol. The van der Waals surface area contributed by atoms with E-state index in [1.165, 1.54) is 0 Å². The van der Waals surface area contributed by atoms with Crippen molar-refractivity contribution in [3.8, 4) is 0 Å². The standard InChI is InChI=1S/C26H20IN3O3/c1-30-16-2-3-23(30)26(33)29-22-14-8-18(9-15-22)24(31)17-6-12-21(13-7-17)28-25(32)19-4-10-20(27)11-5-19/h2-16H,1H3,(H,28,32)(H,29,33). The predicted molar refractivity (Wildman–Crippen MR) is 137 cm³/mol. The van der Waals surface area contributed by atoms with Gasteiger partial charge in [-0.2, -0.15) is 0 Å². The Bertz CT molecular complexity index is 1310. The number of nitrogens with zero attached hydrogens (tertiary/aromatic N) is 1. The third-order valence-electron chi connectivity index (χ3n) is 5.09. The van der Waals surface area contributed by atoms with E-state index in [0.717, 1.165) is 3.57 Å². The number of anilines is 2. The molecule has 164 valence electrons. The van der Waals surface area contributed by atoms with Crippen LogP contribution in [-0.2, 0) is 7.05 Å². The lowest BCUT2D eigenvalue weighted by Gasteiger charge is -2.08. The number of rotatable bonds is 6. The highest BCUT2D eigenvalue weighted by molar-refractivity contribution is 14.1. The minimum atomic E-state index is -0.218. The first-order valence-electron chi connectivity index (χ1n) is 10.1. The van der Waals surface area contributed by atoms with Crippen LogP contribution in [0, 0.1) is 3.57 Å². The van der Waals surface area contributed by atoms with E-state index in [1.54, 1.807) is 90.6 Å². The summed E-state index contributed by atoms with van der Waals surface area (Å²) in [5.74, 6) is -0.575. The first kappa shape index (κ1) is 22.5. The second-order valence-corrected chi connectivity index (χ2v) is 8.65. The molecule has 4 aromatic rings. The van der Waals surface area contributed by atoms with Gasteiger partial charge in [0.2, 0.25) is 0 Å². The van der Waals surface area contributed by atoms with Gasteiger partial charge >= 0.3 is 0 Å². The molecular formula is C26H20IN3O3. The Kier molecular flexibility index (Phi) is 6.69. The maximum atomic E-state index is 12.8. The van der Waals surface area contributed by atoms with Crippen LogP contribution in [0.3, 0.4) is 0 Å². The lowest BCUT2D eigenvalue weighted by molar-refractivity contribution is 0.101. The number of ketones is 1. The number of benzene rings is 3. The highest BCUT2D eigenvalue weighted by Crippen LogP contribution is 2.18. The third kappa shape index (κ3) is 5.38. The molecule has 0 fully saturated rings. The van der Waals surface area contributed by atoms with E-state index < -0.39 is 0 Å². The molecule has 0 saturated carbocycles. The smallest absolute Gasteiger partial charge is 0.272 e. The van der Waals surface area contributed by atoms with Gasteiger partial charge < -0.3 is 15.2 Å². The normalized spacial score (nSPS) is 10.5. The fraction of sp³-hybridized carbons (Fsp3) is 0.0385. The molecule has 33 heavy (non-hydrogen) atoms. The van der Waals surface area contributed by atoms with Crippen molar-refractivity contribution in [2.45, 2.75) is 0 Å². The number of amides is 2. The molecule has 0 spiro atoms. The molecule has 0 atom stereocenters. The average Bonchev–Trinajstić information content (AvgIpc) is 3.26. The lowest BCUT2D eigenvalue weighted by atomic mass is 10.0. The average molecular weight is 549 g/mol. The van der Waals surface area contributed by atoms with Crippen LogP contribution < -0.4 is 10.6 Å². The molecule has 4 rings (SSSR count). The van der Waals surface area contributed by atoms with Gasteiger partial charge in [0, 0.05) is 44.9 Å². The van der Waals surface area contributed by atoms with Crippen LogP contribution in [0.1, 0.15) is 36.8 Å². The number of hydrogen-bond acceptors (Lipinski definition) is 3. The van der Waals surface area contributed by atoms with Crippen LogP contribution >= 0.6 is 22.6 Å². The Morgan fingerprint density at radius 2 is 1.15 bits per heavy atom. The van der Waals surface area contributed by atoms with Crippen LogP contribution in [0.15, 0.2) is 91.1 Å². The topological polar surface area (TPSA) is 80.2 Å². The molecule has 0 bridgehead atoms.